The molecule has 2 aromatic carbocycles. The minimum Gasteiger partial charge on any atom is -0.455 e. The third-order valence-electron chi connectivity index (χ3n) is 2.21. The molecular weight excluding hydrogens is 303 g/mol. The Morgan fingerprint density at radius 2 is 1.74 bits per heavy atom. The van der Waals surface area contributed by atoms with Gasteiger partial charge in [0.15, 0.2) is 10.9 Å². The van der Waals surface area contributed by atoms with Crippen molar-refractivity contribution < 1.29 is 4.74 Å². The maximum atomic E-state index is 5.92. The van der Waals surface area contributed by atoms with Crippen molar-refractivity contribution in [2.24, 2.45) is 5.73 Å². The van der Waals surface area contributed by atoms with Gasteiger partial charge in [-0.2, -0.15) is 0 Å². The van der Waals surface area contributed by atoms with Gasteiger partial charge in [0, 0.05) is 10.0 Å². The van der Waals surface area contributed by atoms with Crippen LogP contribution in [0.25, 0.3) is 0 Å². The first kappa shape index (κ1) is 13.9. The summed E-state index contributed by atoms with van der Waals surface area (Å²) in [5, 5.41) is 4.01. The van der Waals surface area contributed by atoms with Crippen molar-refractivity contribution in [3.05, 3.63) is 52.5 Å². The van der Waals surface area contributed by atoms with Gasteiger partial charge in [-0.05, 0) is 42.5 Å². The highest BCUT2D eigenvalue weighted by molar-refractivity contribution is 7.80. The van der Waals surface area contributed by atoms with Crippen LogP contribution in [-0.4, -0.2) is 5.11 Å². The molecule has 0 aliphatic rings. The number of halogens is 2. The molecule has 0 amide bonds. The minimum absolute atomic E-state index is 0.167. The fraction of sp³-hybridized carbons (Fsp3) is 0. The molecule has 6 heteroatoms. The van der Waals surface area contributed by atoms with E-state index in [1.165, 1.54) is 0 Å². The van der Waals surface area contributed by atoms with Crippen LogP contribution in [0.2, 0.25) is 10.0 Å². The predicted octanol–water partition coefficient (Wildman–Crippen LogP) is 4.44. The van der Waals surface area contributed by atoms with E-state index < -0.39 is 0 Å². The Morgan fingerprint density at radius 3 is 2.37 bits per heavy atom. The molecule has 0 aliphatic heterocycles. The van der Waals surface area contributed by atoms with E-state index in [4.69, 9.17) is 45.9 Å². The van der Waals surface area contributed by atoms with Crippen LogP contribution in [0.15, 0.2) is 42.5 Å². The minimum atomic E-state index is 0.167. The van der Waals surface area contributed by atoms with Gasteiger partial charge in [0.1, 0.15) is 5.75 Å². The number of nitrogens with two attached hydrogens (primary N) is 1. The molecule has 0 atom stereocenters. The summed E-state index contributed by atoms with van der Waals surface area (Å²) >= 11 is 16.7. The second-order valence-corrected chi connectivity index (χ2v) is 5.01. The van der Waals surface area contributed by atoms with E-state index in [0.29, 0.717) is 27.2 Å². The number of hydrogen-bond donors (Lipinski definition) is 2. The van der Waals surface area contributed by atoms with E-state index in [2.05, 4.69) is 5.32 Å². The van der Waals surface area contributed by atoms with Gasteiger partial charge in [0.25, 0.3) is 0 Å². The number of nitrogens with one attached hydrogen (secondary N) is 1. The lowest BCUT2D eigenvalue weighted by molar-refractivity contribution is 0.485. The van der Waals surface area contributed by atoms with Crippen molar-refractivity contribution in [3.63, 3.8) is 0 Å². The third kappa shape index (κ3) is 3.99. The number of anilines is 1. The zero-order valence-electron chi connectivity index (χ0n) is 9.69. The molecule has 0 saturated carbocycles. The van der Waals surface area contributed by atoms with E-state index in [0.717, 1.165) is 0 Å². The molecule has 0 spiro atoms. The first-order valence-corrected chi connectivity index (χ1v) is 6.50. The highest BCUT2D eigenvalue weighted by Crippen LogP contribution is 2.32. The summed E-state index contributed by atoms with van der Waals surface area (Å²) < 4.78 is 5.73. The highest BCUT2D eigenvalue weighted by Gasteiger charge is 2.06. The Kier molecular flexibility index (Phi) is 4.47. The third-order valence-corrected chi connectivity index (χ3v) is 2.75. The van der Waals surface area contributed by atoms with Gasteiger partial charge >= 0.3 is 0 Å². The van der Waals surface area contributed by atoms with Crippen LogP contribution >= 0.6 is 35.4 Å². The standard InChI is InChI=1S/C13H10Cl2N2OS/c14-8-5-9(15)7-10(6-8)18-12-4-2-1-3-11(12)17-13(16)19/h1-7H,(H3,16,17,19). The second kappa shape index (κ2) is 6.10. The summed E-state index contributed by atoms with van der Waals surface area (Å²) in [5.41, 5.74) is 6.13. The summed E-state index contributed by atoms with van der Waals surface area (Å²) in [6.45, 7) is 0. The molecule has 2 aromatic rings. The Morgan fingerprint density at radius 1 is 1.11 bits per heavy atom. The van der Waals surface area contributed by atoms with E-state index in [9.17, 15) is 0 Å². The van der Waals surface area contributed by atoms with Gasteiger partial charge in [-0.1, -0.05) is 35.3 Å². The molecule has 0 aromatic heterocycles. The molecule has 98 valence electrons. The first-order valence-electron chi connectivity index (χ1n) is 5.34. The molecule has 0 unspecified atom stereocenters. The predicted molar refractivity (Wildman–Crippen MR) is 83.4 cm³/mol. The number of ether oxygens (including phenoxy) is 1. The normalized spacial score (nSPS) is 10.0. The SMILES string of the molecule is NC(=S)Nc1ccccc1Oc1cc(Cl)cc(Cl)c1. The Hall–Kier alpha value is -1.49. The summed E-state index contributed by atoms with van der Waals surface area (Å²) in [4.78, 5) is 0. The summed E-state index contributed by atoms with van der Waals surface area (Å²) in [7, 11) is 0. The van der Waals surface area contributed by atoms with Crippen molar-refractivity contribution in [3.8, 4) is 11.5 Å². The molecule has 3 N–H and O–H groups in total. The van der Waals surface area contributed by atoms with Crippen LogP contribution in [0.1, 0.15) is 0 Å². The van der Waals surface area contributed by atoms with Gasteiger partial charge in [-0.15, -0.1) is 0 Å². The van der Waals surface area contributed by atoms with Gasteiger partial charge in [0.05, 0.1) is 5.69 Å². The van der Waals surface area contributed by atoms with Gasteiger partial charge in [0.2, 0.25) is 0 Å². The van der Waals surface area contributed by atoms with Crippen molar-refractivity contribution in [1.82, 2.24) is 0 Å². The van der Waals surface area contributed by atoms with Crippen LogP contribution in [0.4, 0.5) is 5.69 Å². The molecule has 3 nitrogen and oxygen atoms in total. The van der Waals surface area contributed by atoms with Crippen molar-refractivity contribution in [2.45, 2.75) is 0 Å². The molecule has 0 bridgehead atoms. The average Bonchev–Trinajstić information content (AvgIpc) is 2.29. The fourth-order valence-electron chi connectivity index (χ4n) is 1.51. The van der Waals surface area contributed by atoms with Crippen LogP contribution in [-0.2, 0) is 0 Å². The highest BCUT2D eigenvalue weighted by atomic mass is 35.5. The lowest BCUT2D eigenvalue weighted by atomic mass is 10.3. The second-order valence-electron chi connectivity index (χ2n) is 3.69. The quantitative estimate of drug-likeness (QED) is 0.822. The number of para-hydroxylation sites is 2. The maximum absolute atomic E-state index is 5.92. The lowest BCUT2D eigenvalue weighted by Gasteiger charge is -2.12. The van der Waals surface area contributed by atoms with Crippen LogP contribution < -0.4 is 15.8 Å². The molecular formula is C13H10Cl2N2OS. The van der Waals surface area contributed by atoms with Gasteiger partial charge in [-0.25, -0.2) is 0 Å². The zero-order valence-corrected chi connectivity index (χ0v) is 12.0. The number of benzene rings is 2. The van der Waals surface area contributed by atoms with Crippen LogP contribution in [0, 0.1) is 0 Å². The fourth-order valence-corrected chi connectivity index (χ4v) is 2.12. The average molecular weight is 313 g/mol. The zero-order chi connectivity index (χ0) is 13.8. The molecule has 0 radical (unpaired) electrons. The van der Waals surface area contributed by atoms with E-state index >= 15 is 0 Å². The van der Waals surface area contributed by atoms with E-state index in [-0.39, 0.29) is 5.11 Å². The molecule has 2 rings (SSSR count). The van der Waals surface area contributed by atoms with Crippen LogP contribution in [0.5, 0.6) is 11.5 Å². The Labute approximate surface area is 126 Å². The lowest BCUT2D eigenvalue weighted by Crippen LogP contribution is -2.19. The molecule has 19 heavy (non-hydrogen) atoms. The molecule has 0 saturated heterocycles. The number of hydrogen-bond acceptors (Lipinski definition) is 2. The number of thiocarbonyl (C=S) groups is 1. The van der Waals surface area contributed by atoms with Gasteiger partial charge in [-0.3, -0.25) is 0 Å². The molecule has 0 heterocycles. The Balaban J connectivity index is 2.29. The monoisotopic (exact) mass is 312 g/mol. The largest absolute Gasteiger partial charge is 0.455 e. The van der Waals surface area contributed by atoms with Crippen molar-refractivity contribution >= 4 is 46.2 Å². The first-order chi connectivity index (χ1) is 9.04. The maximum Gasteiger partial charge on any atom is 0.168 e. The van der Waals surface area contributed by atoms with Crippen molar-refractivity contribution in [1.29, 1.82) is 0 Å². The molecule has 0 aliphatic carbocycles. The van der Waals surface area contributed by atoms with E-state index in [1.54, 1.807) is 30.3 Å². The summed E-state index contributed by atoms with van der Waals surface area (Å²) in [6.07, 6.45) is 0. The Bertz CT molecular complexity index is 599. The molecule has 0 fully saturated rings. The smallest absolute Gasteiger partial charge is 0.168 e. The van der Waals surface area contributed by atoms with Crippen molar-refractivity contribution in [2.75, 3.05) is 5.32 Å². The van der Waals surface area contributed by atoms with E-state index in [1.807, 2.05) is 12.1 Å². The number of rotatable bonds is 3. The summed E-state index contributed by atoms with van der Waals surface area (Å²) in [6, 6.07) is 12.3. The van der Waals surface area contributed by atoms with Gasteiger partial charge < -0.3 is 15.8 Å². The van der Waals surface area contributed by atoms with Crippen LogP contribution in [0.3, 0.4) is 0 Å². The topological polar surface area (TPSA) is 47.3 Å². The summed E-state index contributed by atoms with van der Waals surface area (Å²) in [5.74, 6) is 1.11.